The molecule has 0 aliphatic carbocycles. The molecule has 0 saturated carbocycles. The highest BCUT2D eigenvalue weighted by Crippen LogP contribution is 2.38. The first kappa shape index (κ1) is 82.9. The van der Waals surface area contributed by atoms with Crippen molar-refractivity contribution in [3.63, 3.8) is 0 Å². The number of thioether (sulfide) groups is 4. The molecular formula is C65H43Cl6FN8O12S13. The Hall–Kier alpha value is -6.11. The molecule has 4 saturated heterocycles. The molecule has 4 N–H and O–H groups in total. The predicted molar refractivity (Wildman–Crippen MR) is 435 cm³/mol. The molecule has 12 rings (SSSR count). The molecule has 1 aromatic heterocycles. The van der Waals surface area contributed by atoms with Gasteiger partial charge < -0.3 is 0 Å². The third-order valence-corrected chi connectivity index (χ3v) is 27.4. The van der Waals surface area contributed by atoms with Crippen molar-refractivity contribution in [3.8, 4) is 0 Å². The fourth-order valence-electron chi connectivity index (χ4n) is 8.47. The molecule has 8 aromatic rings. The number of sulfonamides is 4. The van der Waals surface area contributed by atoms with Gasteiger partial charge in [-0.1, -0.05) is 275 Å². The highest BCUT2D eigenvalue weighted by molar-refractivity contribution is 8.28. The molecule has 0 radical (unpaired) electrons. The van der Waals surface area contributed by atoms with Gasteiger partial charge in [0, 0.05) is 0 Å². The monoisotopic (exact) mass is 1770 g/mol. The summed E-state index contributed by atoms with van der Waals surface area (Å²) in [6, 6.07) is 47.6. The van der Waals surface area contributed by atoms with E-state index in [2.05, 4.69) is 14.5 Å². The highest BCUT2D eigenvalue weighted by atomic mass is 35.5. The van der Waals surface area contributed by atoms with E-state index in [1.807, 2.05) is 48.2 Å². The summed E-state index contributed by atoms with van der Waals surface area (Å²) in [5.41, 5.74) is 3.74. The number of thiocarbonyl (C=S) groups is 4. The number of carbonyl (C=O) groups excluding carboxylic acids is 4. The SMILES string of the molecule is CC(/C=C1\SC(=S)N(NS(=O)(=O)c2ccccc2)C1=O)=C\c1ccccc1.O=C1/C(=C/c2ccc(Cl)c(Cl)c2)SC(=S)N1NS(=O)(=O)c1ccccc1.O=C1/C(=C/c2ccc(Cl)c(Cl)c2)SC(=S)N1NS(=O)(=O)c1ccccc1F.O=C1/C(=C/c2ccc(Cl)c(Cl)c2)SC(=S)N1NS(=O)(=O)c1cccs1. The molecule has 0 atom stereocenters. The van der Waals surface area contributed by atoms with Crippen LogP contribution in [0.1, 0.15) is 29.2 Å². The number of nitrogens with one attached hydrogen (secondary N) is 4. The van der Waals surface area contributed by atoms with Gasteiger partial charge in [-0.3, -0.25) is 19.2 Å². The summed E-state index contributed by atoms with van der Waals surface area (Å²) in [5.74, 6) is -3.24. The van der Waals surface area contributed by atoms with Gasteiger partial charge in [0.2, 0.25) is 0 Å². The van der Waals surface area contributed by atoms with Crippen LogP contribution in [0.15, 0.2) is 238 Å². The molecule has 0 bridgehead atoms. The van der Waals surface area contributed by atoms with Crippen molar-refractivity contribution in [2.75, 3.05) is 0 Å². The summed E-state index contributed by atoms with van der Waals surface area (Å²) in [6.45, 7) is 1.87. The zero-order valence-electron chi connectivity index (χ0n) is 52.4. The van der Waals surface area contributed by atoms with Gasteiger partial charge in [-0.05, 0) is 143 Å². The van der Waals surface area contributed by atoms with E-state index < -0.39 is 74.4 Å². The Morgan fingerprint density at radius 3 is 1.09 bits per heavy atom. The average Bonchev–Trinajstić information content (AvgIpc) is 1.72. The number of benzene rings is 7. The van der Waals surface area contributed by atoms with Crippen molar-refractivity contribution < 1.29 is 57.2 Å². The van der Waals surface area contributed by atoms with Gasteiger partial charge in [0.25, 0.3) is 63.7 Å². The number of allylic oxidation sites excluding steroid dienone is 2. The Balaban J connectivity index is 0.000000162. The Morgan fingerprint density at radius 2 is 0.724 bits per heavy atom. The van der Waals surface area contributed by atoms with E-state index in [4.69, 9.17) is 118 Å². The van der Waals surface area contributed by atoms with Crippen LogP contribution in [0.4, 0.5) is 4.39 Å². The van der Waals surface area contributed by atoms with E-state index in [1.165, 1.54) is 48.5 Å². The molecule has 4 fully saturated rings. The quantitative estimate of drug-likeness (QED) is 0.0487. The fraction of sp³-hybridized carbons (Fsp3) is 0.0154. The fourth-order valence-corrected chi connectivity index (χ4v) is 19.8. The largest absolute Gasteiger partial charge is 0.281 e. The van der Waals surface area contributed by atoms with Gasteiger partial charge in [-0.2, -0.15) is 0 Å². The Morgan fingerprint density at radius 1 is 0.390 bits per heavy atom. The predicted octanol–water partition coefficient (Wildman–Crippen LogP) is 16.2. The number of rotatable bonds is 17. The van der Waals surface area contributed by atoms with Crippen LogP contribution in [-0.4, -0.2) is 94.6 Å². The van der Waals surface area contributed by atoms with Crippen molar-refractivity contribution in [2.24, 2.45) is 0 Å². The van der Waals surface area contributed by atoms with E-state index in [0.29, 0.717) is 56.7 Å². The normalized spacial score (nSPS) is 16.7. The van der Waals surface area contributed by atoms with Crippen molar-refractivity contribution in [1.82, 2.24) is 39.4 Å². The number of nitrogens with zero attached hydrogens (tertiary/aromatic N) is 4. The zero-order valence-corrected chi connectivity index (χ0v) is 67.6. The van der Waals surface area contributed by atoms with Crippen molar-refractivity contribution in [1.29, 1.82) is 0 Å². The summed E-state index contributed by atoms with van der Waals surface area (Å²) in [6.07, 6.45) is 8.27. The minimum atomic E-state index is -4.34. The van der Waals surface area contributed by atoms with Gasteiger partial charge in [-0.15, -0.1) is 30.7 Å². The molecule has 4 aliphatic heterocycles. The Labute approximate surface area is 674 Å². The van der Waals surface area contributed by atoms with Gasteiger partial charge in [-0.25, -0.2) is 58.1 Å². The summed E-state index contributed by atoms with van der Waals surface area (Å²) >= 11 is 60.9. The van der Waals surface area contributed by atoms with E-state index in [1.54, 1.807) is 121 Å². The van der Waals surface area contributed by atoms with Crippen LogP contribution in [0.25, 0.3) is 24.3 Å². The maximum atomic E-state index is 13.8. The van der Waals surface area contributed by atoms with Crippen LogP contribution in [-0.2, 0) is 59.3 Å². The van der Waals surface area contributed by atoms with Gasteiger partial charge >= 0.3 is 0 Å². The molecule has 40 heteroatoms. The first-order valence-corrected chi connectivity index (χ1v) is 42.8. The lowest BCUT2D eigenvalue weighted by Gasteiger charge is -2.16. The third-order valence-electron chi connectivity index (χ3n) is 13.3. The van der Waals surface area contributed by atoms with Crippen LogP contribution in [0.3, 0.4) is 0 Å². The first-order valence-electron chi connectivity index (χ1n) is 28.8. The van der Waals surface area contributed by atoms with E-state index in [9.17, 15) is 57.2 Å². The lowest BCUT2D eigenvalue weighted by atomic mass is 10.1. The van der Waals surface area contributed by atoms with Crippen molar-refractivity contribution in [2.45, 2.75) is 25.8 Å². The number of amides is 4. The first-order chi connectivity index (χ1) is 49.6. The van der Waals surface area contributed by atoms with E-state index >= 15 is 0 Å². The number of hydrogen-bond acceptors (Lipinski definition) is 21. The van der Waals surface area contributed by atoms with Gasteiger partial charge in [0.15, 0.2) is 17.3 Å². The van der Waals surface area contributed by atoms with Gasteiger partial charge in [0.05, 0.1) is 59.5 Å². The van der Waals surface area contributed by atoms with Crippen LogP contribution in [0.5, 0.6) is 0 Å². The summed E-state index contributed by atoms with van der Waals surface area (Å²) in [4.78, 5) is 59.4. The number of hydrazine groups is 4. The maximum Gasteiger partial charge on any atom is 0.281 e. The lowest BCUT2D eigenvalue weighted by molar-refractivity contribution is -0.123. The minimum Gasteiger partial charge on any atom is -0.267 e. The second kappa shape index (κ2) is 36.4. The van der Waals surface area contributed by atoms with Gasteiger partial charge in [0.1, 0.15) is 14.9 Å². The molecule has 7 aromatic carbocycles. The lowest BCUT2D eigenvalue weighted by Crippen LogP contribution is -2.44. The molecule has 5 heterocycles. The van der Waals surface area contributed by atoms with Crippen LogP contribution in [0.2, 0.25) is 30.1 Å². The topological polar surface area (TPSA) is 266 Å². The summed E-state index contributed by atoms with van der Waals surface area (Å²) in [5, 5.41) is 7.05. The molecule has 4 amide bonds. The number of thiophene rings is 1. The average molecular weight is 1780 g/mol. The second-order valence-corrected chi connectivity index (χ2v) is 37.7. The molecular weight excluding hydrogens is 1730 g/mol. The standard InChI is InChI=1S/C19H16N2O3S3.C16H9Cl2FN2O3S3.C16H10Cl2N2O3S3.C14H8Cl2N2O3S4/c1-14(12-15-8-4-2-5-9-15)13-17-18(22)21(19(25)26-17)20-27(23,24)16-10-6-3-7-11-16;17-10-6-5-9(7-11(10)18)8-13-15(22)21(16(25)26-13)20-27(23,24)14-4-2-1-3-12(14)19;17-12-7-6-10(8-13(12)18)9-14-15(21)20(16(24)25-14)19-26(22,23)11-4-2-1-3-5-11;15-9-4-3-8(6-10(9)16)7-11-13(19)18(14(22)24-11)17-25(20,21)12-2-1-5-23-12/h2-13,20H,1H3;1-8,20H;1-9,19H;1-7,17H/b14-12+,17-13-;13-8-;14-9-;11-7-. The van der Waals surface area contributed by atoms with Crippen LogP contribution < -0.4 is 19.3 Å². The number of carbonyl (C=O) groups is 4. The minimum absolute atomic E-state index is 0.0301. The summed E-state index contributed by atoms with van der Waals surface area (Å²) < 4.78 is 113. The molecule has 542 valence electrons. The maximum absolute atomic E-state index is 13.8. The molecule has 4 aliphatic rings. The smallest absolute Gasteiger partial charge is 0.267 e. The number of halogens is 7. The molecule has 20 nitrogen and oxygen atoms in total. The number of hydrogen-bond donors (Lipinski definition) is 4. The molecule has 0 unspecified atom stereocenters. The molecule has 105 heavy (non-hydrogen) atoms. The van der Waals surface area contributed by atoms with Crippen LogP contribution in [0, 0.1) is 5.82 Å². The molecule has 0 spiro atoms. The van der Waals surface area contributed by atoms with E-state index in [-0.39, 0.29) is 46.0 Å². The Kier molecular flexibility index (Phi) is 28.8. The van der Waals surface area contributed by atoms with Crippen LogP contribution >= 0.6 is 177 Å². The summed E-state index contributed by atoms with van der Waals surface area (Å²) in [7, 11) is -16.0. The zero-order chi connectivity index (χ0) is 76.3. The van der Waals surface area contributed by atoms with Crippen molar-refractivity contribution >= 4 is 282 Å². The third kappa shape index (κ3) is 21.9. The van der Waals surface area contributed by atoms with E-state index in [0.717, 1.165) is 96.7 Å². The second-order valence-electron chi connectivity index (χ2n) is 20.8. The Bertz CT molecular complexity index is 5480. The highest BCUT2D eigenvalue weighted by Gasteiger charge is 2.40. The van der Waals surface area contributed by atoms with Crippen molar-refractivity contribution in [3.05, 3.63) is 277 Å².